The Balaban J connectivity index is 1.23. The molecule has 0 saturated heterocycles. The second kappa shape index (κ2) is 14.1. The molecule has 5 nitrogen and oxygen atoms in total. The zero-order valence-electron chi connectivity index (χ0n) is 56.1. The summed E-state index contributed by atoms with van der Waals surface area (Å²) < 4.78 is 226. The van der Waals surface area contributed by atoms with Crippen LogP contribution in [0.25, 0.3) is 106 Å². The maximum absolute atomic E-state index is 10.2. The molecular weight excluding hydrogens is 769 g/mol. The van der Waals surface area contributed by atoms with Gasteiger partial charge in [0.1, 0.15) is 17.0 Å². The minimum Gasteiger partial charge on any atom is -0.456 e. The Morgan fingerprint density at radius 1 is 0.429 bits per heavy atom. The van der Waals surface area contributed by atoms with Crippen molar-refractivity contribution in [3.05, 3.63) is 229 Å². The molecule has 0 amide bonds. The molecule has 0 atom stereocenters. The fourth-order valence-electron chi connectivity index (χ4n) is 8.25. The van der Waals surface area contributed by atoms with Crippen molar-refractivity contribution in [2.24, 2.45) is 0 Å². The molecule has 294 valence electrons. The van der Waals surface area contributed by atoms with Crippen LogP contribution in [0.15, 0.2) is 216 Å². The van der Waals surface area contributed by atoms with Crippen LogP contribution in [0.1, 0.15) is 55.8 Å². The monoisotopic (exact) mass is 828 g/mol. The summed E-state index contributed by atoms with van der Waals surface area (Å²) in [6.45, 7) is 0. The zero-order chi connectivity index (χ0) is 62.3. The molecule has 0 bridgehead atoms. The Kier molecular flexibility index (Phi) is 4.27. The molecule has 9 aromatic carbocycles. The van der Waals surface area contributed by atoms with Gasteiger partial charge in [-0.1, -0.05) is 169 Å². The lowest BCUT2D eigenvalue weighted by Gasteiger charge is -2.18. The SMILES string of the molecule is [2H]c1c([2H])c([2H])c(-c2c([2H])c([2H])c3c(c2[2H])C(c2nc(-c4ccccc4-c4ccc5oc6ccccc6c5c4)nc(-n4c5c([2H])c([2H])c([2H])c([2H])c5c5c([2H])c([2H])c([2H])c([2H])c54)n2)c2c([2H])c(-c4c([2H])c([2H])c([2H])c([2H])c4[2H])c([2H])c([2H])c2-3)c([2H])c1[2H]. The first-order valence-corrected chi connectivity index (χ1v) is 19.4. The lowest BCUT2D eigenvalue weighted by Crippen LogP contribution is -2.12. The number of benzene rings is 9. The Bertz CT molecular complexity index is 4920. The van der Waals surface area contributed by atoms with Crippen LogP contribution in [0, 0.1) is 0 Å². The molecule has 0 fully saturated rings. The van der Waals surface area contributed by atoms with Crippen LogP contribution in [0.4, 0.5) is 0 Å². The molecule has 0 radical (unpaired) electrons. The van der Waals surface area contributed by atoms with Crippen LogP contribution in [0.3, 0.4) is 0 Å². The van der Waals surface area contributed by atoms with Gasteiger partial charge in [0, 0.05) is 27.1 Å². The number of rotatable bonds is 6. The van der Waals surface area contributed by atoms with Gasteiger partial charge in [0.2, 0.25) is 5.95 Å². The van der Waals surface area contributed by atoms with Gasteiger partial charge in [-0.2, -0.15) is 9.97 Å². The molecule has 1 aliphatic rings. The molecule has 13 rings (SSSR count). The van der Waals surface area contributed by atoms with E-state index >= 15 is 0 Å². The summed E-state index contributed by atoms with van der Waals surface area (Å²) in [5.74, 6) is -3.44. The third-order valence-electron chi connectivity index (χ3n) is 11.0. The molecule has 0 spiro atoms. The highest BCUT2D eigenvalue weighted by Gasteiger charge is 2.34. The maximum Gasteiger partial charge on any atom is 0.238 e. The fraction of sp³-hybridized carbons (Fsp3) is 0.0172. The van der Waals surface area contributed by atoms with E-state index < -0.39 is 218 Å². The van der Waals surface area contributed by atoms with E-state index in [1.54, 1.807) is 42.5 Å². The fourth-order valence-corrected chi connectivity index (χ4v) is 8.25. The van der Waals surface area contributed by atoms with Crippen molar-refractivity contribution >= 4 is 43.7 Å². The molecule has 0 N–H and O–H groups in total. The minimum atomic E-state index is -1.96. The molecule has 1 aliphatic carbocycles. The smallest absolute Gasteiger partial charge is 0.238 e. The number of nitrogens with zero attached hydrogens (tertiary/aromatic N) is 4. The van der Waals surface area contributed by atoms with Crippen LogP contribution in [-0.4, -0.2) is 19.5 Å². The number of hydrogen-bond acceptors (Lipinski definition) is 4. The first-order valence-electron chi connectivity index (χ1n) is 31.4. The first kappa shape index (κ1) is 19.1. The van der Waals surface area contributed by atoms with Gasteiger partial charge in [0.25, 0.3) is 0 Å². The summed E-state index contributed by atoms with van der Waals surface area (Å²) >= 11 is 0. The molecule has 63 heavy (non-hydrogen) atoms. The van der Waals surface area contributed by atoms with E-state index in [1.165, 1.54) is 0 Å². The van der Waals surface area contributed by atoms with Gasteiger partial charge in [0.15, 0.2) is 5.82 Å². The Morgan fingerprint density at radius 3 is 1.67 bits per heavy atom. The number of hydrogen-bond donors (Lipinski definition) is 0. The second-order valence-electron chi connectivity index (χ2n) is 14.5. The Morgan fingerprint density at radius 2 is 1.00 bits per heavy atom. The van der Waals surface area contributed by atoms with Crippen molar-refractivity contribution in [3.8, 4) is 61.8 Å². The van der Waals surface area contributed by atoms with Crippen LogP contribution in [0.2, 0.25) is 0 Å². The summed E-state index contributed by atoms with van der Waals surface area (Å²) in [7, 11) is 0. The van der Waals surface area contributed by atoms with Crippen molar-refractivity contribution in [1.29, 1.82) is 0 Å². The number of fused-ring (bicyclic) bond motifs is 9. The minimum absolute atomic E-state index is 0.194. The van der Waals surface area contributed by atoms with Gasteiger partial charge >= 0.3 is 0 Å². The third-order valence-corrected chi connectivity index (χ3v) is 11.0. The first-order chi connectivity index (χ1) is 41.2. The quantitative estimate of drug-likeness (QED) is 0.168. The van der Waals surface area contributed by atoms with Gasteiger partial charge in [-0.15, -0.1) is 0 Å². The molecule has 3 heterocycles. The second-order valence-corrected chi connectivity index (χ2v) is 14.5. The molecule has 5 heteroatoms. The van der Waals surface area contributed by atoms with Gasteiger partial charge in [0.05, 0.1) is 49.8 Å². The molecule has 0 unspecified atom stereocenters. The van der Waals surface area contributed by atoms with E-state index in [1.807, 2.05) is 24.3 Å². The van der Waals surface area contributed by atoms with E-state index in [-0.39, 0.29) is 22.2 Å². The molecule has 12 aromatic rings. The van der Waals surface area contributed by atoms with Crippen LogP contribution < -0.4 is 0 Å². The van der Waals surface area contributed by atoms with Crippen LogP contribution >= 0.6 is 0 Å². The van der Waals surface area contributed by atoms with Crippen molar-refractivity contribution in [2.75, 3.05) is 0 Å². The molecule has 0 saturated carbocycles. The highest BCUT2D eigenvalue weighted by molar-refractivity contribution is 6.09. The number of aromatic nitrogens is 4. The lowest BCUT2D eigenvalue weighted by molar-refractivity contribution is 0.669. The van der Waals surface area contributed by atoms with Crippen molar-refractivity contribution in [2.45, 2.75) is 5.92 Å². The van der Waals surface area contributed by atoms with Gasteiger partial charge in [-0.05, 0) is 98.0 Å². The lowest BCUT2D eigenvalue weighted by atomic mass is 9.91. The predicted molar refractivity (Wildman–Crippen MR) is 256 cm³/mol. The third kappa shape index (κ3) is 5.67. The normalized spacial score (nSPS) is 17.7. The topological polar surface area (TPSA) is 56.7 Å². The van der Waals surface area contributed by atoms with Crippen molar-refractivity contribution in [1.82, 2.24) is 19.5 Å². The largest absolute Gasteiger partial charge is 0.456 e. The molecule has 3 aromatic heterocycles. The summed E-state index contributed by atoms with van der Waals surface area (Å²) in [5.41, 5.74) is -3.19. The highest BCUT2D eigenvalue weighted by Crippen LogP contribution is 2.50. The Hall–Kier alpha value is -8.41. The average Bonchev–Trinajstić information content (AvgIpc) is 1.63. The zero-order valence-corrected chi connectivity index (χ0v) is 32.1. The highest BCUT2D eigenvalue weighted by atomic mass is 16.3. The van der Waals surface area contributed by atoms with E-state index in [4.69, 9.17) is 38.6 Å². The van der Waals surface area contributed by atoms with Crippen molar-refractivity contribution in [3.63, 3.8) is 0 Å². The van der Waals surface area contributed by atoms with Crippen LogP contribution in [0.5, 0.6) is 0 Å². The van der Waals surface area contributed by atoms with E-state index in [0.29, 0.717) is 27.7 Å². The average molecular weight is 829 g/mol. The van der Waals surface area contributed by atoms with E-state index in [9.17, 15) is 13.7 Å². The summed E-state index contributed by atoms with van der Waals surface area (Å²) in [6, 6.07) is -0.403. The Labute approximate surface area is 397 Å². The summed E-state index contributed by atoms with van der Waals surface area (Å²) in [6.07, 6.45) is 0. The molecular formula is C58H36N4O. The van der Waals surface area contributed by atoms with Crippen LogP contribution in [-0.2, 0) is 0 Å². The van der Waals surface area contributed by atoms with Gasteiger partial charge in [-0.25, -0.2) is 4.98 Å². The van der Waals surface area contributed by atoms with E-state index in [0.717, 1.165) is 9.95 Å². The molecule has 0 aliphatic heterocycles. The van der Waals surface area contributed by atoms with Gasteiger partial charge in [-0.3, -0.25) is 4.57 Å². The van der Waals surface area contributed by atoms with Gasteiger partial charge < -0.3 is 4.42 Å². The standard InChI is InChI=1S/C58H36N4O/c1-3-15-36(16-4-1)38-27-30-42-43-31-28-39(37-17-5-2-6-18-37)34-50(43)55(49(42)33-38)57-59-56(60-58(61-57)62-51-24-12-9-20-44(51)45-21-10-13-25-52(45)62)47-23-8-7-19-41(47)40-29-32-54-48(35-40)46-22-11-14-26-53(46)63-54/h1-35,55H/i1D,2D,3D,4D,5D,6D,9D,10D,12D,13D,15D,16D,17D,18D,20D,21D,24D,25D,27D,28D,30D,31D,33D,34D. The van der Waals surface area contributed by atoms with Crippen molar-refractivity contribution < 1.29 is 37.3 Å². The summed E-state index contributed by atoms with van der Waals surface area (Å²) in [4.78, 5) is 15.0. The number of para-hydroxylation sites is 3. The number of furan rings is 1. The maximum atomic E-state index is 10.2. The summed E-state index contributed by atoms with van der Waals surface area (Å²) in [5, 5.41) is 0.730. The predicted octanol–water partition coefficient (Wildman–Crippen LogP) is 14.7. The van der Waals surface area contributed by atoms with E-state index in [2.05, 4.69) is 0 Å².